The van der Waals surface area contributed by atoms with Gasteiger partial charge in [0.05, 0.1) is 0 Å². The fourth-order valence-corrected chi connectivity index (χ4v) is 2.03. The average Bonchev–Trinajstić information content (AvgIpc) is 2.46. The maximum atomic E-state index is 11.9. The number of fused-ring (bicyclic) bond motifs is 1. The first-order chi connectivity index (χ1) is 10.8. The molecule has 0 fully saturated rings. The molecule has 1 heterocycles. The van der Waals surface area contributed by atoms with Crippen molar-refractivity contribution >= 4 is 22.8 Å². The maximum absolute atomic E-state index is 11.9. The number of hydrogen-bond acceptors (Lipinski definition) is 5. The first-order valence-corrected chi connectivity index (χ1v) is 7.02. The quantitative estimate of drug-likeness (QED) is 0.808. The lowest BCUT2D eigenvalue weighted by Gasteiger charge is -2.16. The SMILES string of the molecule is Cc1cc(=O)oc2cc(O[C@H](C)C(=O)N[C@H](C)C(=O)O)ccc12. The van der Waals surface area contributed by atoms with E-state index >= 15 is 0 Å². The summed E-state index contributed by atoms with van der Waals surface area (Å²) in [5.41, 5.74) is 0.677. The van der Waals surface area contributed by atoms with Crippen LogP contribution in [0.3, 0.4) is 0 Å². The maximum Gasteiger partial charge on any atom is 0.336 e. The Balaban J connectivity index is 2.16. The van der Waals surface area contributed by atoms with Crippen molar-refractivity contribution in [2.24, 2.45) is 0 Å². The van der Waals surface area contributed by atoms with Crippen LogP contribution >= 0.6 is 0 Å². The molecular formula is C16H17NO6. The second-order valence-electron chi connectivity index (χ2n) is 5.24. The number of hydrogen-bond donors (Lipinski definition) is 2. The van der Waals surface area contributed by atoms with Gasteiger partial charge in [0.15, 0.2) is 6.10 Å². The van der Waals surface area contributed by atoms with Gasteiger partial charge in [0.1, 0.15) is 17.4 Å². The third-order valence-corrected chi connectivity index (χ3v) is 3.33. The summed E-state index contributed by atoms with van der Waals surface area (Å²) in [7, 11) is 0. The normalized spacial score (nSPS) is 13.3. The minimum Gasteiger partial charge on any atom is -0.481 e. The molecule has 0 saturated carbocycles. The van der Waals surface area contributed by atoms with Gasteiger partial charge in [0, 0.05) is 17.5 Å². The molecule has 0 radical (unpaired) electrons. The number of carbonyl (C=O) groups excluding carboxylic acids is 1. The number of rotatable bonds is 5. The fraction of sp³-hybridized carbons (Fsp3) is 0.312. The molecule has 7 heteroatoms. The number of benzene rings is 1. The fourth-order valence-electron chi connectivity index (χ4n) is 2.03. The highest BCUT2D eigenvalue weighted by Crippen LogP contribution is 2.22. The molecule has 23 heavy (non-hydrogen) atoms. The van der Waals surface area contributed by atoms with Gasteiger partial charge in [-0.2, -0.15) is 0 Å². The van der Waals surface area contributed by atoms with Crippen LogP contribution in [-0.4, -0.2) is 29.1 Å². The molecular weight excluding hydrogens is 302 g/mol. The van der Waals surface area contributed by atoms with Crippen molar-refractivity contribution in [3.63, 3.8) is 0 Å². The van der Waals surface area contributed by atoms with Crippen molar-refractivity contribution < 1.29 is 23.8 Å². The van der Waals surface area contributed by atoms with Gasteiger partial charge in [0.2, 0.25) is 0 Å². The summed E-state index contributed by atoms with van der Waals surface area (Å²) in [6.45, 7) is 4.66. The number of nitrogens with one attached hydrogen (secondary N) is 1. The Morgan fingerprint density at radius 3 is 2.61 bits per heavy atom. The van der Waals surface area contributed by atoms with Crippen molar-refractivity contribution in [2.45, 2.75) is 32.9 Å². The lowest BCUT2D eigenvalue weighted by Crippen LogP contribution is -2.44. The average molecular weight is 319 g/mol. The van der Waals surface area contributed by atoms with E-state index in [0.29, 0.717) is 11.3 Å². The van der Waals surface area contributed by atoms with Crippen molar-refractivity contribution in [2.75, 3.05) is 0 Å². The summed E-state index contributed by atoms with van der Waals surface area (Å²) >= 11 is 0. The van der Waals surface area contributed by atoms with Gasteiger partial charge in [0.25, 0.3) is 5.91 Å². The number of carbonyl (C=O) groups is 2. The standard InChI is InChI=1S/C16H17NO6/c1-8-6-14(18)23-13-7-11(4-5-12(8)13)22-10(3)15(19)17-9(2)16(20)21/h4-7,9-10H,1-3H3,(H,17,19)(H,20,21)/t9-,10-/m1/s1. The molecule has 0 bridgehead atoms. The van der Waals surface area contributed by atoms with Crippen molar-refractivity contribution in [1.29, 1.82) is 0 Å². The van der Waals surface area contributed by atoms with Gasteiger partial charge in [-0.25, -0.2) is 4.79 Å². The first-order valence-electron chi connectivity index (χ1n) is 7.02. The minimum atomic E-state index is -1.13. The third-order valence-electron chi connectivity index (χ3n) is 3.33. The van der Waals surface area contributed by atoms with Crippen LogP contribution in [0.5, 0.6) is 5.75 Å². The van der Waals surface area contributed by atoms with E-state index in [1.807, 2.05) is 0 Å². The van der Waals surface area contributed by atoms with Crippen LogP contribution in [0.25, 0.3) is 11.0 Å². The molecule has 0 saturated heterocycles. The Kier molecular flexibility index (Phi) is 4.68. The lowest BCUT2D eigenvalue weighted by molar-refractivity contribution is -0.142. The van der Waals surface area contributed by atoms with Gasteiger partial charge >= 0.3 is 11.6 Å². The Morgan fingerprint density at radius 1 is 1.26 bits per heavy atom. The second kappa shape index (κ2) is 6.51. The third kappa shape index (κ3) is 3.88. The van der Waals surface area contributed by atoms with E-state index in [1.54, 1.807) is 19.1 Å². The van der Waals surface area contributed by atoms with Gasteiger partial charge in [-0.15, -0.1) is 0 Å². The van der Waals surface area contributed by atoms with E-state index in [2.05, 4.69) is 5.32 Å². The lowest BCUT2D eigenvalue weighted by atomic mass is 10.1. The number of aryl methyl sites for hydroxylation is 1. The largest absolute Gasteiger partial charge is 0.481 e. The summed E-state index contributed by atoms with van der Waals surface area (Å²) in [6.07, 6.45) is -0.897. The zero-order valence-corrected chi connectivity index (χ0v) is 13.0. The van der Waals surface area contributed by atoms with E-state index in [1.165, 1.54) is 26.0 Å². The molecule has 2 rings (SSSR count). The molecule has 0 unspecified atom stereocenters. The van der Waals surface area contributed by atoms with E-state index in [9.17, 15) is 14.4 Å². The Hall–Kier alpha value is -2.83. The zero-order chi connectivity index (χ0) is 17.1. The van der Waals surface area contributed by atoms with Gasteiger partial charge in [-0.3, -0.25) is 9.59 Å². The molecule has 1 aromatic carbocycles. The highest BCUT2D eigenvalue weighted by molar-refractivity contribution is 5.86. The van der Waals surface area contributed by atoms with Crippen LogP contribution in [0, 0.1) is 6.92 Å². The highest BCUT2D eigenvalue weighted by atomic mass is 16.5. The van der Waals surface area contributed by atoms with Crippen LogP contribution in [0.1, 0.15) is 19.4 Å². The Bertz CT molecular complexity index is 810. The molecule has 1 aromatic heterocycles. The summed E-state index contributed by atoms with van der Waals surface area (Å²) in [4.78, 5) is 34.0. The molecule has 2 aromatic rings. The monoisotopic (exact) mass is 319 g/mol. The van der Waals surface area contributed by atoms with Crippen LogP contribution in [0.15, 0.2) is 33.5 Å². The summed E-state index contributed by atoms with van der Waals surface area (Å²) in [5.74, 6) is -1.34. The molecule has 2 atom stereocenters. The Morgan fingerprint density at radius 2 is 1.96 bits per heavy atom. The molecule has 0 spiro atoms. The van der Waals surface area contributed by atoms with E-state index in [4.69, 9.17) is 14.3 Å². The molecule has 0 aliphatic heterocycles. The van der Waals surface area contributed by atoms with Crippen LogP contribution in [0.4, 0.5) is 0 Å². The number of amides is 1. The predicted molar refractivity (Wildman–Crippen MR) is 82.6 cm³/mol. The van der Waals surface area contributed by atoms with E-state index < -0.39 is 29.6 Å². The Labute approximate surface area is 131 Å². The molecule has 122 valence electrons. The smallest absolute Gasteiger partial charge is 0.336 e. The van der Waals surface area contributed by atoms with Gasteiger partial charge < -0.3 is 19.6 Å². The van der Waals surface area contributed by atoms with E-state index in [0.717, 1.165) is 10.9 Å². The number of ether oxygens (including phenoxy) is 1. The van der Waals surface area contributed by atoms with Crippen molar-refractivity contribution in [3.05, 3.63) is 40.2 Å². The topological polar surface area (TPSA) is 106 Å². The zero-order valence-electron chi connectivity index (χ0n) is 13.0. The molecule has 0 aliphatic rings. The predicted octanol–water partition coefficient (Wildman–Crippen LogP) is 1.46. The number of aliphatic carboxylic acids is 1. The highest BCUT2D eigenvalue weighted by Gasteiger charge is 2.20. The van der Waals surface area contributed by atoms with E-state index in [-0.39, 0.29) is 0 Å². The van der Waals surface area contributed by atoms with Crippen LogP contribution in [-0.2, 0) is 9.59 Å². The minimum absolute atomic E-state index is 0.344. The van der Waals surface area contributed by atoms with Crippen molar-refractivity contribution in [3.8, 4) is 5.75 Å². The van der Waals surface area contributed by atoms with Gasteiger partial charge in [-0.1, -0.05) is 0 Å². The number of carboxylic acids is 1. The van der Waals surface area contributed by atoms with Gasteiger partial charge in [-0.05, 0) is 38.5 Å². The van der Waals surface area contributed by atoms with Crippen LogP contribution in [0.2, 0.25) is 0 Å². The summed E-state index contributed by atoms with van der Waals surface area (Å²) in [6, 6.07) is 5.29. The molecule has 1 amide bonds. The summed E-state index contributed by atoms with van der Waals surface area (Å²) < 4.78 is 10.6. The molecule has 0 aliphatic carbocycles. The van der Waals surface area contributed by atoms with Crippen molar-refractivity contribution in [1.82, 2.24) is 5.32 Å². The van der Waals surface area contributed by atoms with Crippen LogP contribution < -0.4 is 15.7 Å². The first kappa shape index (κ1) is 16.5. The summed E-state index contributed by atoms with van der Waals surface area (Å²) in [5, 5.41) is 11.9. The molecule has 7 nitrogen and oxygen atoms in total. The number of carboxylic acid groups (broad SMARTS) is 1. The second-order valence-corrected chi connectivity index (χ2v) is 5.24. The molecule has 2 N–H and O–H groups in total.